The molecular formula is C23H24N4O6. The molecule has 2 aromatic heterocycles. The number of pyridine rings is 1. The van der Waals surface area contributed by atoms with Crippen LogP contribution in [0.1, 0.15) is 60.5 Å². The van der Waals surface area contributed by atoms with E-state index in [0.29, 0.717) is 11.7 Å². The molecular weight excluding hydrogens is 428 g/mol. The first kappa shape index (κ1) is 22.3. The van der Waals surface area contributed by atoms with E-state index in [4.69, 9.17) is 18.7 Å². The molecule has 1 N–H and O–H groups in total. The standard InChI is InChI=1S/C23H24N4O6/c1-4-31-22(29)32-18-16(30-3)10-13-24-17(18)20(28)25-14(2)19-26-21(33-27-19)23(11-12-23)15-8-6-5-7-9-15/h5-10,13-14H,4,11-12H2,1-3H3,(H,25,28)/t14-/m0/s1. The first-order chi connectivity index (χ1) is 16.0. The van der Waals surface area contributed by atoms with E-state index in [1.807, 2.05) is 30.3 Å². The quantitative estimate of drug-likeness (QED) is 0.510. The lowest BCUT2D eigenvalue weighted by Crippen LogP contribution is -2.29. The number of amides is 1. The number of carbonyl (C=O) groups is 2. The molecule has 0 unspecified atom stereocenters. The average Bonchev–Trinajstić information content (AvgIpc) is 3.48. The summed E-state index contributed by atoms with van der Waals surface area (Å²) in [6, 6.07) is 10.9. The Morgan fingerprint density at radius 2 is 1.97 bits per heavy atom. The summed E-state index contributed by atoms with van der Waals surface area (Å²) in [6.45, 7) is 3.48. The van der Waals surface area contributed by atoms with Crippen molar-refractivity contribution in [3.8, 4) is 11.5 Å². The summed E-state index contributed by atoms with van der Waals surface area (Å²) < 4.78 is 20.7. The Morgan fingerprint density at radius 3 is 2.64 bits per heavy atom. The molecule has 1 saturated carbocycles. The van der Waals surface area contributed by atoms with Crippen molar-refractivity contribution in [3.63, 3.8) is 0 Å². The van der Waals surface area contributed by atoms with Crippen molar-refractivity contribution in [2.24, 2.45) is 0 Å². The number of nitrogens with zero attached hydrogens (tertiary/aromatic N) is 3. The predicted octanol–water partition coefficient (Wildman–Crippen LogP) is 3.58. The molecule has 1 aliphatic carbocycles. The van der Waals surface area contributed by atoms with Crippen LogP contribution in [0.2, 0.25) is 0 Å². The molecule has 0 spiro atoms. The van der Waals surface area contributed by atoms with Crippen LogP contribution in [0, 0.1) is 0 Å². The molecule has 0 radical (unpaired) electrons. The summed E-state index contributed by atoms with van der Waals surface area (Å²) in [5.74, 6) is 0.275. The lowest BCUT2D eigenvalue weighted by molar-refractivity contribution is 0.0914. The normalized spacial score (nSPS) is 14.8. The molecule has 0 aliphatic heterocycles. The number of carbonyl (C=O) groups excluding carboxylic acids is 2. The molecule has 1 aromatic carbocycles. The maximum Gasteiger partial charge on any atom is 0.514 e. The monoisotopic (exact) mass is 452 g/mol. The molecule has 0 bridgehead atoms. The summed E-state index contributed by atoms with van der Waals surface area (Å²) >= 11 is 0. The van der Waals surface area contributed by atoms with Crippen molar-refractivity contribution in [2.75, 3.05) is 13.7 Å². The van der Waals surface area contributed by atoms with Gasteiger partial charge in [-0.05, 0) is 32.3 Å². The third kappa shape index (κ3) is 4.50. The summed E-state index contributed by atoms with van der Waals surface area (Å²) in [6.07, 6.45) is 2.24. The third-order valence-corrected chi connectivity index (χ3v) is 5.41. The van der Waals surface area contributed by atoms with Crippen LogP contribution in [0.4, 0.5) is 4.79 Å². The van der Waals surface area contributed by atoms with Crippen LogP contribution in [0.25, 0.3) is 0 Å². The van der Waals surface area contributed by atoms with Crippen LogP contribution in [0.5, 0.6) is 11.5 Å². The Balaban J connectivity index is 1.52. The first-order valence-electron chi connectivity index (χ1n) is 10.6. The number of ether oxygens (including phenoxy) is 3. The largest absolute Gasteiger partial charge is 0.514 e. The van der Waals surface area contributed by atoms with E-state index in [-0.39, 0.29) is 29.2 Å². The van der Waals surface area contributed by atoms with Gasteiger partial charge >= 0.3 is 6.16 Å². The minimum atomic E-state index is -0.968. The van der Waals surface area contributed by atoms with E-state index >= 15 is 0 Å². The number of methoxy groups -OCH3 is 1. The second kappa shape index (κ2) is 9.27. The smallest absolute Gasteiger partial charge is 0.493 e. The van der Waals surface area contributed by atoms with Crippen molar-refractivity contribution in [1.82, 2.24) is 20.4 Å². The van der Waals surface area contributed by atoms with E-state index in [0.717, 1.165) is 18.4 Å². The fourth-order valence-electron chi connectivity index (χ4n) is 3.53. The first-order valence-corrected chi connectivity index (χ1v) is 10.6. The van der Waals surface area contributed by atoms with Gasteiger partial charge in [0, 0.05) is 12.3 Å². The molecule has 1 atom stereocenters. The molecule has 172 valence electrons. The summed E-state index contributed by atoms with van der Waals surface area (Å²) in [7, 11) is 1.39. The van der Waals surface area contributed by atoms with Crippen LogP contribution in [-0.4, -0.2) is 40.9 Å². The topological polar surface area (TPSA) is 126 Å². The van der Waals surface area contributed by atoms with Gasteiger partial charge in [-0.2, -0.15) is 4.98 Å². The molecule has 4 rings (SSSR count). The van der Waals surface area contributed by atoms with E-state index < -0.39 is 18.1 Å². The Kier molecular flexibility index (Phi) is 6.25. The minimum Gasteiger partial charge on any atom is -0.493 e. The second-order valence-corrected chi connectivity index (χ2v) is 7.58. The SMILES string of the molecule is CCOC(=O)Oc1c(OC)ccnc1C(=O)N[C@@H](C)c1noc(C2(c3ccccc3)CC2)n1. The number of hydrogen-bond acceptors (Lipinski definition) is 9. The molecule has 1 aliphatic rings. The highest BCUT2D eigenvalue weighted by molar-refractivity contribution is 5.96. The van der Waals surface area contributed by atoms with Crippen LogP contribution < -0.4 is 14.8 Å². The van der Waals surface area contributed by atoms with Gasteiger partial charge in [0.2, 0.25) is 11.6 Å². The molecule has 10 heteroatoms. The van der Waals surface area contributed by atoms with Crippen LogP contribution >= 0.6 is 0 Å². The summed E-state index contributed by atoms with van der Waals surface area (Å²) in [5, 5.41) is 6.83. The zero-order chi connectivity index (χ0) is 23.4. The van der Waals surface area contributed by atoms with Crippen molar-refractivity contribution >= 4 is 12.1 Å². The lowest BCUT2D eigenvalue weighted by Gasteiger charge is -2.14. The van der Waals surface area contributed by atoms with Gasteiger partial charge in [-0.25, -0.2) is 9.78 Å². The van der Waals surface area contributed by atoms with Crippen LogP contribution in [0.15, 0.2) is 47.1 Å². The van der Waals surface area contributed by atoms with Gasteiger partial charge in [-0.15, -0.1) is 0 Å². The number of aromatic nitrogens is 3. The van der Waals surface area contributed by atoms with Gasteiger partial charge in [-0.3, -0.25) is 4.79 Å². The molecule has 10 nitrogen and oxygen atoms in total. The van der Waals surface area contributed by atoms with E-state index in [2.05, 4.69) is 20.4 Å². The van der Waals surface area contributed by atoms with Gasteiger partial charge in [0.15, 0.2) is 17.3 Å². The maximum absolute atomic E-state index is 12.9. The Bertz CT molecular complexity index is 1140. The Morgan fingerprint density at radius 1 is 1.21 bits per heavy atom. The number of nitrogens with one attached hydrogen (secondary N) is 1. The summed E-state index contributed by atoms with van der Waals surface area (Å²) in [4.78, 5) is 33.4. The number of hydrogen-bond donors (Lipinski definition) is 1. The van der Waals surface area contributed by atoms with Gasteiger partial charge in [0.1, 0.15) is 0 Å². The zero-order valence-corrected chi connectivity index (χ0v) is 18.5. The Labute approximate surface area is 190 Å². The van der Waals surface area contributed by atoms with E-state index in [1.54, 1.807) is 13.8 Å². The van der Waals surface area contributed by atoms with Gasteiger partial charge < -0.3 is 24.1 Å². The highest BCUT2D eigenvalue weighted by Crippen LogP contribution is 2.52. The van der Waals surface area contributed by atoms with Crippen molar-refractivity contribution in [2.45, 2.75) is 38.1 Å². The second-order valence-electron chi connectivity index (χ2n) is 7.58. The van der Waals surface area contributed by atoms with Gasteiger partial charge in [0.05, 0.1) is 25.2 Å². The van der Waals surface area contributed by atoms with Crippen LogP contribution in [0.3, 0.4) is 0 Å². The molecule has 3 aromatic rings. The Hall–Kier alpha value is -3.95. The fourth-order valence-corrected chi connectivity index (χ4v) is 3.53. The number of rotatable bonds is 8. The van der Waals surface area contributed by atoms with E-state index in [1.165, 1.54) is 19.4 Å². The van der Waals surface area contributed by atoms with Crippen molar-refractivity contribution in [1.29, 1.82) is 0 Å². The molecule has 1 amide bonds. The van der Waals surface area contributed by atoms with Gasteiger partial charge in [0.25, 0.3) is 5.91 Å². The fraction of sp³-hybridized carbons (Fsp3) is 0.348. The minimum absolute atomic E-state index is 0.116. The molecule has 1 fully saturated rings. The maximum atomic E-state index is 12.9. The third-order valence-electron chi connectivity index (χ3n) is 5.41. The zero-order valence-electron chi connectivity index (χ0n) is 18.5. The highest BCUT2D eigenvalue weighted by Gasteiger charge is 2.51. The van der Waals surface area contributed by atoms with Crippen molar-refractivity contribution in [3.05, 3.63) is 65.6 Å². The summed E-state index contributed by atoms with van der Waals surface area (Å²) in [5.41, 5.74) is 0.713. The van der Waals surface area contributed by atoms with Gasteiger partial charge in [-0.1, -0.05) is 35.5 Å². The van der Waals surface area contributed by atoms with Crippen molar-refractivity contribution < 1.29 is 28.3 Å². The highest BCUT2D eigenvalue weighted by atomic mass is 16.7. The predicted molar refractivity (Wildman–Crippen MR) is 115 cm³/mol. The molecule has 33 heavy (non-hydrogen) atoms. The number of benzene rings is 1. The molecule has 0 saturated heterocycles. The average molecular weight is 452 g/mol. The van der Waals surface area contributed by atoms with Crippen LogP contribution in [-0.2, 0) is 10.2 Å². The lowest BCUT2D eigenvalue weighted by atomic mass is 9.96. The van der Waals surface area contributed by atoms with E-state index in [9.17, 15) is 9.59 Å². The molecule has 2 heterocycles.